The van der Waals surface area contributed by atoms with Crippen LogP contribution in [0.2, 0.25) is 0 Å². The summed E-state index contributed by atoms with van der Waals surface area (Å²) < 4.78 is 5.75. The molecule has 1 aliphatic rings. The lowest BCUT2D eigenvalue weighted by Crippen LogP contribution is -2.46. The number of imidazole rings is 1. The molecule has 0 aromatic carbocycles. The van der Waals surface area contributed by atoms with E-state index in [1.165, 1.54) is 0 Å². The number of likely N-dealkylation sites (tertiary alicyclic amines) is 1. The Bertz CT molecular complexity index is 1260. The molecule has 0 bridgehead atoms. The van der Waals surface area contributed by atoms with Crippen LogP contribution < -0.4 is 0 Å². The molecule has 0 radical (unpaired) electrons. The lowest BCUT2D eigenvalue weighted by molar-refractivity contribution is 0.102. The van der Waals surface area contributed by atoms with Crippen LogP contribution in [0, 0.1) is 11.3 Å². The molecule has 0 spiro atoms. The first kappa shape index (κ1) is 20.4. The highest BCUT2D eigenvalue weighted by molar-refractivity contribution is 5.68. The smallest absolute Gasteiger partial charge is 0.149 e. The van der Waals surface area contributed by atoms with Crippen LogP contribution in [-0.2, 0) is 12.6 Å². The SMILES string of the molecule is CCCN1CCC(CC#N)(n2cc(-c3nc(-c4cnn(C)c4)cc4nccn34)cn2)CC1. The summed E-state index contributed by atoms with van der Waals surface area (Å²) in [5.74, 6) is 0.778. The molecule has 164 valence electrons. The highest BCUT2D eigenvalue weighted by Gasteiger charge is 2.37. The third-order valence-corrected chi connectivity index (χ3v) is 6.45. The van der Waals surface area contributed by atoms with Gasteiger partial charge < -0.3 is 4.90 Å². The second-order valence-electron chi connectivity index (χ2n) is 8.60. The maximum atomic E-state index is 9.58. The zero-order valence-electron chi connectivity index (χ0n) is 18.5. The first-order chi connectivity index (χ1) is 15.6. The van der Waals surface area contributed by atoms with Crippen LogP contribution in [0.1, 0.15) is 32.6 Å². The van der Waals surface area contributed by atoms with Gasteiger partial charge >= 0.3 is 0 Å². The molecule has 0 aliphatic carbocycles. The molecule has 5 rings (SSSR count). The lowest BCUT2D eigenvalue weighted by atomic mass is 9.85. The Kier molecular flexibility index (Phi) is 5.23. The summed E-state index contributed by atoms with van der Waals surface area (Å²) in [7, 11) is 1.89. The van der Waals surface area contributed by atoms with E-state index in [-0.39, 0.29) is 5.54 Å². The van der Waals surface area contributed by atoms with E-state index in [0.717, 1.165) is 67.2 Å². The summed E-state index contributed by atoms with van der Waals surface area (Å²) in [5, 5.41) is 18.6. The van der Waals surface area contributed by atoms with Gasteiger partial charge in [-0.1, -0.05) is 6.92 Å². The van der Waals surface area contributed by atoms with Gasteiger partial charge in [-0.25, -0.2) is 9.97 Å². The van der Waals surface area contributed by atoms with E-state index < -0.39 is 0 Å². The van der Waals surface area contributed by atoms with Gasteiger partial charge in [0.25, 0.3) is 0 Å². The molecule has 4 aromatic heterocycles. The van der Waals surface area contributed by atoms with Gasteiger partial charge in [-0.2, -0.15) is 15.5 Å². The second-order valence-corrected chi connectivity index (χ2v) is 8.60. The van der Waals surface area contributed by atoms with Gasteiger partial charge in [-0.05, 0) is 25.8 Å². The number of nitriles is 1. The Hall–Kier alpha value is -3.51. The van der Waals surface area contributed by atoms with Gasteiger partial charge in [0, 0.05) is 56.6 Å². The normalized spacial score (nSPS) is 16.4. The molecule has 5 heterocycles. The van der Waals surface area contributed by atoms with E-state index in [0.29, 0.717) is 6.42 Å². The van der Waals surface area contributed by atoms with Crippen molar-refractivity contribution in [3.05, 3.63) is 43.2 Å². The predicted octanol–water partition coefficient (Wildman–Crippen LogP) is 3.11. The van der Waals surface area contributed by atoms with E-state index in [4.69, 9.17) is 10.1 Å². The Labute approximate surface area is 186 Å². The van der Waals surface area contributed by atoms with Gasteiger partial charge in [0.05, 0.1) is 41.7 Å². The van der Waals surface area contributed by atoms with E-state index >= 15 is 0 Å². The van der Waals surface area contributed by atoms with Crippen LogP contribution in [0.25, 0.3) is 28.3 Å². The number of hydrogen-bond donors (Lipinski definition) is 0. The van der Waals surface area contributed by atoms with Crippen molar-refractivity contribution in [1.82, 2.24) is 38.8 Å². The highest BCUT2D eigenvalue weighted by Crippen LogP contribution is 2.34. The van der Waals surface area contributed by atoms with Crippen LogP contribution in [0.5, 0.6) is 0 Å². The Balaban J connectivity index is 1.53. The minimum Gasteiger partial charge on any atom is -0.303 e. The minimum absolute atomic E-state index is 0.272. The highest BCUT2D eigenvalue weighted by atomic mass is 15.3. The van der Waals surface area contributed by atoms with Crippen molar-refractivity contribution in [3.63, 3.8) is 0 Å². The second kappa shape index (κ2) is 8.20. The fourth-order valence-electron chi connectivity index (χ4n) is 4.67. The van der Waals surface area contributed by atoms with Crippen LogP contribution in [0.4, 0.5) is 0 Å². The summed E-state index contributed by atoms with van der Waals surface area (Å²) >= 11 is 0. The number of rotatable bonds is 6. The average Bonchev–Trinajstić information content (AvgIpc) is 3.55. The predicted molar refractivity (Wildman–Crippen MR) is 121 cm³/mol. The number of aryl methyl sites for hydroxylation is 1. The zero-order valence-corrected chi connectivity index (χ0v) is 18.5. The molecule has 1 saturated heterocycles. The van der Waals surface area contributed by atoms with Crippen molar-refractivity contribution in [2.24, 2.45) is 7.05 Å². The van der Waals surface area contributed by atoms with Crippen molar-refractivity contribution < 1.29 is 0 Å². The summed E-state index contributed by atoms with van der Waals surface area (Å²) in [6.45, 7) is 5.30. The fraction of sp³-hybridized carbons (Fsp3) is 0.435. The van der Waals surface area contributed by atoms with Crippen molar-refractivity contribution in [2.45, 2.75) is 38.1 Å². The molecular weight excluding hydrogens is 402 g/mol. The van der Waals surface area contributed by atoms with Gasteiger partial charge in [0.15, 0.2) is 0 Å². The molecule has 0 amide bonds. The van der Waals surface area contributed by atoms with Crippen LogP contribution in [0.15, 0.2) is 43.2 Å². The largest absolute Gasteiger partial charge is 0.303 e. The molecule has 0 atom stereocenters. The van der Waals surface area contributed by atoms with Gasteiger partial charge in [0.2, 0.25) is 0 Å². The molecule has 0 unspecified atom stereocenters. The molecule has 32 heavy (non-hydrogen) atoms. The van der Waals surface area contributed by atoms with Crippen LogP contribution in [-0.4, -0.2) is 58.5 Å². The summed E-state index contributed by atoms with van der Waals surface area (Å²) in [6.07, 6.45) is 14.8. The number of aromatic nitrogens is 7. The Morgan fingerprint density at radius 2 is 1.94 bits per heavy atom. The third kappa shape index (κ3) is 3.56. The van der Waals surface area contributed by atoms with Gasteiger partial charge in [-0.3, -0.25) is 13.8 Å². The number of hydrogen-bond acceptors (Lipinski definition) is 6. The van der Waals surface area contributed by atoms with Crippen LogP contribution >= 0.6 is 0 Å². The van der Waals surface area contributed by atoms with Crippen LogP contribution in [0.3, 0.4) is 0 Å². The Morgan fingerprint density at radius 3 is 2.66 bits per heavy atom. The zero-order chi connectivity index (χ0) is 22.1. The monoisotopic (exact) mass is 429 g/mol. The topological polar surface area (TPSA) is 92.9 Å². The number of fused-ring (bicyclic) bond motifs is 1. The van der Waals surface area contributed by atoms with Gasteiger partial charge in [-0.15, -0.1) is 0 Å². The summed E-state index contributed by atoms with van der Waals surface area (Å²) in [5.41, 5.74) is 3.22. The summed E-state index contributed by atoms with van der Waals surface area (Å²) in [6, 6.07) is 4.38. The van der Waals surface area contributed by atoms with Crippen molar-refractivity contribution in [1.29, 1.82) is 5.26 Å². The summed E-state index contributed by atoms with van der Waals surface area (Å²) in [4.78, 5) is 11.9. The lowest BCUT2D eigenvalue weighted by Gasteiger charge is -2.40. The molecule has 4 aromatic rings. The maximum Gasteiger partial charge on any atom is 0.149 e. The Morgan fingerprint density at radius 1 is 1.12 bits per heavy atom. The molecule has 1 aliphatic heterocycles. The molecule has 0 saturated carbocycles. The third-order valence-electron chi connectivity index (χ3n) is 6.45. The molecule has 9 nitrogen and oxygen atoms in total. The first-order valence-electron chi connectivity index (χ1n) is 11.1. The van der Waals surface area contributed by atoms with E-state index in [2.05, 4.69) is 28.0 Å². The van der Waals surface area contributed by atoms with E-state index in [1.807, 2.05) is 47.0 Å². The molecular formula is C23H27N9. The minimum atomic E-state index is -0.272. The standard InChI is InChI=1S/C23H27N9/c1-3-9-30-10-5-23(4-7-24,6-11-30)32-17-19(15-27-32)22-28-20(18-14-26-29(2)16-18)13-21-25-8-12-31(21)22/h8,12-17H,3-6,9-11H2,1-2H3. The van der Waals surface area contributed by atoms with Gasteiger partial charge in [0.1, 0.15) is 11.5 Å². The van der Waals surface area contributed by atoms with Crippen molar-refractivity contribution in [2.75, 3.05) is 19.6 Å². The first-order valence-corrected chi connectivity index (χ1v) is 11.1. The quantitative estimate of drug-likeness (QED) is 0.468. The number of piperidine rings is 1. The van der Waals surface area contributed by atoms with Crippen molar-refractivity contribution >= 4 is 5.65 Å². The molecule has 0 N–H and O–H groups in total. The van der Waals surface area contributed by atoms with E-state index in [1.54, 1.807) is 17.1 Å². The molecule has 9 heteroatoms. The van der Waals surface area contributed by atoms with Crippen molar-refractivity contribution in [3.8, 4) is 28.7 Å². The van der Waals surface area contributed by atoms with E-state index in [9.17, 15) is 5.26 Å². The molecule has 1 fully saturated rings. The number of nitrogens with zero attached hydrogens (tertiary/aromatic N) is 9. The average molecular weight is 430 g/mol. The fourth-order valence-corrected chi connectivity index (χ4v) is 4.67. The maximum absolute atomic E-state index is 9.58.